The molecule has 2 nitrogen and oxygen atoms in total. The molecule has 6 aliphatic rings. The van der Waals surface area contributed by atoms with Crippen molar-refractivity contribution in [3.8, 4) is 83.8 Å². The Morgan fingerprint density at radius 3 is 1.26 bits per heavy atom. The highest BCUT2D eigenvalue weighted by molar-refractivity contribution is 6.23. The van der Waals surface area contributed by atoms with Gasteiger partial charge in [-0.3, -0.25) is 0 Å². The third kappa shape index (κ3) is 7.57. The van der Waals surface area contributed by atoms with Crippen LogP contribution in [0.25, 0.3) is 117 Å². The van der Waals surface area contributed by atoms with Gasteiger partial charge >= 0.3 is 0 Å². The SMILES string of the molecule is C1=CC2=C(CC1)c1ccccc1C21c2ccccc2-c2ccc(-c3c4ccc(N5C(c6ccccc6)=CCC5c5ccccc5)cc4c(-c4ccc5c(c4)C4(c6ccccc6-c6ccccc64)c4ccccc4-5)c4ccc(-n5c(-c6ccccc6)ccc5-c5ccccc5)cc34)cc21. The Balaban J connectivity index is 0.900. The van der Waals surface area contributed by atoms with Crippen LogP contribution in [-0.2, 0) is 10.8 Å². The average molecular weight is 1250 g/mol. The second-order valence-electron chi connectivity index (χ2n) is 27.5. The van der Waals surface area contributed by atoms with E-state index < -0.39 is 10.8 Å². The van der Waals surface area contributed by atoms with Gasteiger partial charge < -0.3 is 9.47 Å². The first kappa shape index (κ1) is 55.2. The van der Waals surface area contributed by atoms with Crippen LogP contribution in [0.15, 0.2) is 351 Å². The third-order valence-corrected chi connectivity index (χ3v) is 22.8. The molecule has 0 saturated carbocycles. The second kappa shape index (κ2) is 21.2. The molecule has 1 aliphatic heterocycles. The van der Waals surface area contributed by atoms with Crippen molar-refractivity contribution in [2.45, 2.75) is 36.1 Å². The zero-order valence-corrected chi connectivity index (χ0v) is 54.0. The Labute approximate surface area is 571 Å². The average Bonchev–Trinajstić information content (AvgIpc) is 1.50. The highest BCUT2D eigenvalue weighted by Crippen LogP contribution is 2.66. The van der Waals surface area contributed by atoms with Crippen molar-refractivity contribution in [3.05, 3.63) is 407 Å². The standard InChI is InChI=1S/C96H64N2/c1-5-25-61(26-6-1)89-53-54-90(62-27-7-2-8-28-62)97(89)67-47-51-77-79(59-67)93(65-45-49-75-73-37-17-23-43-85(73)95(87(75)57-65)81-39-19-13-33-69(81)70-34-14-20-40-82(70)95)78-52-48-68(98-91(63-29-9-3-10-30-63)55-56-92(98)64-31-11-4-12-32-64)60-80(78)94(77)66-46-50-76-74-38-18-24-44-86(74)96(88(76)58-66)83-41-21-15-35-71(83)72-36-16-22-42-84(72)96/h1-15,17-35,37-53,55-60,90H,16,36,54H2. The molecule has 14 aromatic carbocycles. The van der Waals surface area contributed by atoms with Crippen LogP contribution in [0.1, 0.15) is 80.9 Å². The molecular formula is C96H64N2. The lowest BCUT2D eigenvalue weighted by Gasteiger charge is -2.33. The number of anilines is 1. The lowest BCUT2D eigenvalue weighted by atomic mass is 9.68. The third-order valence-electron chi connectivity index (χ3n) is 22.8. The predicted octanol–water partition coefficient (Wildman–Crippen LogP) is 24.2. The Bertz CT molecular complexity index is 5840. The molecule has 0 N–H and O–H groups in total. The molecule has 5 aliphatic carbocycles. The molecule has 15 aromatic rings. The normalized spacial score (nSPS) is 16.8. The minimum atomic E-state index is -0.539. The number of nitrogens with zero attached hydrogens (tertiary/aromatic N) is 2. The lowest BCUT2D eigenvalue weighted by molar-refractivity contribution is 0.749. The number of fused-ring (bicyclic) bond motifs is 21. The Hall–Kier alpha value is -12.1. The van der Waals surface area contributed by atoms with E-state index in [0.29, 0.717) is 0 Å². The van der Waals surface area contributed by atoms with Crippen molar-refractivity contribution >= 4 is 38.5 Å². The number of aromatic nitrogens is 1. The molecule has 2 atom stereocenters. The van der Waals surface area contributed by atoms with Gasteiger partial charge in [0.2, 0.25) is 0 Å². The number of rotatable bonds is 8. The topological polar surface area (TPSA) is 8.17 Å². The first-order valence-corrected chi connectivity index (χ1v) is 34.8. The van der Waals surface area contributed by atoms with E-state index in [0.717, 1.165) is 53.2 Å². The number of hydrogen-bond donors (Lipinski definition) is 0. The summed E-state index contributed by atoms with van der Waals surface area (Å²) in [5.74, 6) is 0. The molecule has 0 bridgehead atoms. The summed E-state index contributed by atoms with van der Waals surface area (Å²) in [6.07, 6.45) is 10.3. The van der Waals surface area contributed by atoms with E-state index in [2.05, 4.69) is 355 Å². The van der Waals surface area contributed by atoms with E-state index in [9.17, 15) is 0 Å². The van der Waals surface area contributed by atoms with E-state index in [4.69, 9.17) is 0 Å². The van der Waals surface area contributed by atoms with Crippen molar-refractivity contribution in [2.75, 3.05) is 4.90 Å². The molecule has 458 valence electrons. The van der Waals surface area contributed by atoms with Crippen molar-refractivity contribution in [1.82, 2.24) is 4.57 Å². The van der Waals surface area contributed by atoms with Crippen molar-refractivity contribution in [2.24, 2.45) is 0 Å². The Kier molecular flexibility index (Phi) is 11.9. The van der Waals surface area contributed by atoms with Crippen molar-refractivity contribution in [1.29, 1.82) is 0 Å². The van der Waals surface area contributed by atoms with Crippen LogP contribution in [0.4, 0.5) is 5.69 Å². The van der Waals surface area contributed by atoms with Gasteiger partial charge in [-0.2, -0.15) is 0 Å². The minimum absolute atomic E-state index is 0.0756. The second-order valence-corrected chi connectivity index (χ2v) is 27.5. The molecule has 21 rings (SSSR count). The molecule has 2 spiro atoms. The van der Waals surface area contributed by atoms with Gasteiger partial charge in [-0.1, -0.05) is 297 Å². The first-order chi connectivity index (χ1) is 48.6. The van der Waals surface area contributed by atoms with Gasteiger partial charge in [0, 0.05) is 17.1 Å². The molecule has 0 amide bonds. The van der Waals surface area contributed by atoms with Crippen LogP contribution in [0.3, 0.4) is 0 Å². The monoisotopic (exact) mass is 1240 g/mol. The Morgan fingerprint density at radius 1 is 0.306 bits per heavy atom. The van der Waals surface area contributed by atoms with Crippen LogP contribution in [0.5, 0.6) is 0 Å². The first-order valence-electron chi connectivity index (χ1n) is 34.8. The molecule has 0 saturated heterocycles. The van der Waals surface area contributed by atoms with Crippen LogP contribution in [0.2, 0.25) is 0 Å². The van der Waals surface area contributed by atoms with Gasteiger partial charge in [-0.15, -0.1) is 0 Å². The highest BCUT2D eigenvalue weighted by atomic mass is 15.2. The minimum Gasteiger partial charge on any atom is -0.333 e. The molecular weight excluding hydrogens is 1180 g/mol. The Morgan fingerprint density at radius 2 is 0.724 bits per heavy atom. The summed E-state index contributed by atoms with van der Waals surface area (Å²) in [4.78, 5) is 2.64. The quantitative estimate of drug-likeness (QED) is 0.138. The zero-order chi connectivity index (χ0) is 64.2. The maximum Gasteiger partial charge on any atom is 0.0725 e. The van der Waals surface area contributed by atoms with E-state index in [1.807, 2.05) is 0 Å². The molecule has 1 aromatic heterocycles. The molecule has 0 radical (unpaired) electrons. The zero-order valence-electron chi connectivity index (χ0n) is 54.0. The van der Waals surface area contributed by atoms with E-state index in [-0.39, 0.29) is 6.04 Å². The van der Waals surface area contributed by atoms with E-state index in [1.54, 1.807) is 0 Å². The fraction of sp³-hybridized carbons (Fsp3) is 0.0625. The maximum absolute atomic E-state index is 2.64. The fourth-order valence-electron chi connectivity index (χ4n) is 19.0. The summed E-state index contributed by atoms with van der Waals surface area (Å²) in [6, 6.07) is 125. The predicted molar refractivity (Wildman–Crippen MR) is 407 cm³/mol. The summed E-state index contributed by atoms with van der Waals surface area (Å²) in [5.41, 5.74) is 35.9. The van der Waals surface area contributed by atoms with Crippen LogP contribution >= 0.6 is 0 Å². The lowest BCUT2D eigenvalue weighted by Crippen LogP contribution is -2.27. The number of allylic oxidation sites excluding steroid dienone is 4. The summed E-state index contributed by atoms with van der Waals surface area (Å²) < 4.78 is 2.51. The van der Waals surface area contributed by atoms with Gasteiger partial charge in [0.1, 0.15) is 0 Å². The number of benzene rings is 14. The molecule has 98 heavy (non-hydrogen) atoms. The number of hydrogen-bond acceptors (Lipinski definition) is 1. The largest absolute Gasteiger partial charge is 0.333 e. The van der Waals surface area contributed by atoms with Crippen LogP contribution in [0, 0.1) is 0 Å². The smallest absolute Gasteiger partial charge is 0.0725 e. The van der Waals surface area contributed by atoms with E-state index >= 15 is 0 Å². The van der Waals surface area contributed by atoms with Gasteiger partial charge in [0.05, 0.1) is 28.3 Å². The maximum atomic E-state index is 2.64. The summed E-state index contributed by atoms with van der Waals surface area (Å²) in [5, 5.41) is 4.81. The summed E-state index contributed by atoms with van der Waals surface area (Å²) >= 11 is 0. The van der Waals surface area contributed by atoms with Gasteiger partial charge in [0.15, 0.2) is 0 Å². The van der Waals surface area contributed by atoms with Gasteiger partial charge in [-0.05, 0) is 223 Å². The highest BCUT2D eigenvalue weighted by Gasteiger charge is 2.54. The summed E-state index contributed by atoms with van der Waals surface area (Å²) in [6.45, 7) is 0. The van der Waals surface area contributed by atoms with Crippen LogP contribution < -0.4 is 4.90 Å². The van der Waals surface area contributed by atoms with Crippen molar-refractivity contribution < 1.29 is 0 Å². The summed E-state index contributed by atoms with van der Waals surface area (Å²) in [7, 11) is 0. The molecule has 2 heterocycles. The fourth-order valence-corrected chi connectivity index (χ4v) is 19.0. The molecule has 2 heteroatoms. The molecule has 2 unspecified atom stereocenters. The van der Waals surface area contributed by atoms with Crippen molar-refractivity contribution in [3.63, 3.8) is 0 Å². The van der Waals surface area contributed by atoms with E-state index in [1.165, 1.54) is 150 Å². The molecule has 0 fully saturated rings. The van der Waals surface area contributed by atoms with Crippen LogP contribution in [-0.4, -0.2) is 4.57 Å². The van der Waals surface area contributed by atoms with Gasteiger partial charge in [0.25, 0.3) is 0 Å². The van der Waals surface area contributed by atoms with Gasteiger partial charge in [-0.25, -0.2) is 0 Å².